The van der Waals surface area contributed by atoms with Gasteiger partial charge in [0.2, 0.25) is 6.79 Å². The molecule has 164 valence electrons. The first-order chi connectivity index (χ1) is 14.7. The summed E-state index contributed by atoms with van der Waals surface area (Å²) in [5.41, 5.74) is 1.35. The SMILES string of the molecule is O=C(Nc1cc(Cl)ccc1N1CCN(C(=O)C(F)(F)F)CC1)c1ccc2c(c1)OCO2. The molecule has 2 aromatic rings. The molecule has 11 heteroatoms. The minimum atomic E-state index is -4.90. The molecule has 0 bridgehead atoms. The average molecular weight is 456 g/mol. The van der Waals surface area contributed by atoms with Gasteiger partial charge in [0.1, 0.15) is 0 Å². The summed E-state index contributed by atoms with van der Waals surface area (Å²) in [6.45, 7) is 0.265. The number of carbonyl (C=O) groups excluding carboxylic acids is 2. The lowest BCUT2D eigenvalue weighted by Gasteiger charge is -2.37. The van der Waals surface area contributed by atoms with Crippen molar-refractivity contribution >= 4 is 34.8 Å². The zero-order chi connectivity index (χ0) is 22.2. The van der Waals surface area contributed by atoms with Crippen molar-refractivity contribution in [1.29, 1.82) is 0 Å². The van der Waals surface area contributed by atoms with Crippen LogP contribution in [0.3, 0.4) is 0 Å². The fourth-order valence-corrected chi connectivity index (χ4v) is 3.62. The zero-order valence-corrected chi connectivity index (χ0v) is 16.8. The van der Waals surface area contributed by atoms with Gasteiger partial charge >= 0.3 is 12.1 Å². The molecule has 1 N–H and O–H groups in total. The van der Waals surface area contributed by atoms with E-state index in [1.807, 2.05) is 0 Å². The Morgan fingerprint density at radius 1 is 0.968 bits per heavy atom. The third-order valence-electron chi connectivity index (χ3n) is 4.99. The first-order valence-corrected chi connectivity index (χ1v) is 9.72. The van der Waals surface area contributed by atoms with Crippen LogP contribution in [0, 0.1) is 0 Å². The van der Waals surface area contributed by atoms with Gasteiger partial charge in [0.25, 0.3) is 5.91 Å². The van der Waals surface area contributed by atoms with Crippen LogP contribution < -0.4 is 19.7 Å². The molecule has 1 saturated heterocycles. The molecular weight excluding hydrogens is 439 g/mol. The maximum Gasteiger partial charge on any atom is 0.471 e. The molecule has 2 heterocycles. The van der Waals surface area contributed by atoms with Crippen LogP contribution >= 0.6 is 11.6 Å². The second-order valence-electron chi connectivity index (χ2n) is 6.96. The number of anilines is 2. The summed E-state index contributed by atoms with van der Waals surface area (Å²) < 4.78 is 48.5. The van der Waals surface area contributed by atoms with Crippen molar-refractivity contribution in [1.82, 2.24) is 4.90 Å². The standard InChI is InChI=1S/C20H17ClF3N3O4/c21-13-2-3-15(26-5-7-27(8-6-26)19(29)20(22,23)24)14(10-13)25-18(28)12-1-4-16-17(9-12)31-11-30-16/h1-4,9-10H,5-8,11H2,(H,25,28). The number of ether oxygens (including phenoxy) is 2. The van der Waals surface area contributed by atoms with Crippen molar-refractivity contribution in [2.75, 3.05) is 43.2 Å². The minimum absolute atomic E-state index is 0.0850. The number of nitrogens with zero attached hydrogens (tertiary/aromatic N) is 2. The second kappa shape index (κ2) is 8.18. The van der Waals surface area contributed by atoms with E-state index >= 15 is 0 Å². The fourth-order valence-electron chi connectivity index (χ4n) is 3.45. The molecule has 0 spiro atoms. The van der Waals surface area contributed by atoms with Gasteiger partial charge in [-0.2, -0.15) is 13.2 Å². The molecule has 7 nitrogen and oxygen atoms in total. The summed E-state index contributed by atoms with van der Waals surface area (Å²) >= 11 is 6.09. The number of hydrogen-bond acceptors (Lipinski definition) is 5. The van der Waals surface area contributed by atoms with Crippen LogP contribution in [0.15, 0.2) is 36.4 Å². The van der Waals surface area contributed by atoms with E-state index in [0.717, 1.165) is 4.90 Å². The van der Waals surface area contributed by atoms with Gasteiger partial charge in [0.05, 0.1) is 11.4 Å². The monoisotopic (exact) mass is 455 g/mol. The molecule has 2 aliphatic heterocycles. The Labute approximate surface area is 180 Å². The molecule has 0 saturated carbocycles. The van der Waals surface area contributed by atoms with Crippen LogP contribution in [0.2, 0.25) is 5.02 Å². The Hall–Kier alpha value is -3.14. The highest BCUT2D eigenvalue weighted by atomic mass is 35.5. The zero-order valence-electron chi connectivity index (χ0n) is 16.0. The molecule has 0 atom stereocenters. The lowest BCUT2D eigenvalue weighted by atomic mass is 10.1. The Bertz CT molecular complexity index is 1020. The molecule has 1 fully saturated rings. The lowest BCUT2D eigenvalue weighted by Crippen LogP contribution is -2.52. The quantitative estimate of drug-likeness (QED) is 0.766. The largest absolute Gasteiger partial charge is 0.471 e. The van der Waals surface area contributed by atoms with Gasteiger partial charge in [-0.1, -0.05) is 11.6 Å². The van der Waals surface area contributed by atoms with E-state index in [2.05, 4.69) is 5.32 Å². The molecule has 0 aromatic heterocycles. The van der Waals surface area contributed by atoms with Crippen LogP contribution in [0.5, 0.6) is 11.5 Å². The van der Waals surface area contributed by atoms with Crippen molar-refractivity contribution in [3.63, 3.8) is 0 Å². The number of halogens is 4. The number of rotatable bonds is 3. The summed E-state index contributed by atoms with van der Waals surface area (Å²) in [4.78, 5) is 26.8. The fraction of sp³-hybridized carbons (Fsp3) is 0.300. The second-order valence-corrected chi connectivity index (χ2v) is 7.40. The number of piperazine rings is 1. The maximum atomic E-state index is 12.8. The van der Waals surface area contributed by atoms with Crippen molar-refractivity contribution in [3.05, 3.63) is 47.0 Å². The van der Waals surface area contributed by atoms with Crippen molar-refractivity contribution in [3.8, 4) is 11.5 Å². The van der Waals surface area contributed by atoms with Crippen molar-refractivity contribution < 1.29 is 32.2 Å². The summed E-state index contributed by atoms with van der Waals surface area (Å²) in [5.74, 6) is -1.25. The number of alkyl halides is 3. The van der Waals surface area contributed by atoms with Crippen molar-refractivity contribution in [2.45, 2.75) is 6.18 Å². The normalized spacial score (nSPS) is 15.7. The van der Waals surface area contributed by atoms with Crippen molar-refractivity contribution in [2.24, 2.45) is 0 Å². The molecule has 31 heavy (non-hydrogen) atoms. The molecule has 4 rings (SSSR count). The Morgan fingerprint density at radius 3 is 2.39 bits per heavy atom. The van der Waals surface area contributed by atoms with Gasteiger partial charge in [-0.25, -0.2) is 0 Å². The Morgan fingerprint density at radius 2 is 1.68 bits per heavy atom. The van der Waals surface area contributed by atoms with Crippen LogP contribution in [0.4, 0.5) is 24.5 Å². The molecule has 0 unspecified atom stereocenters. The molecule has 2 amide bonds. The highest BCUT2D eigenvalue weighted by Crippen LogP contribution is 2.34. The number of hydrogen-bond donors (Lipinski definition) is 1. The van der Waals surface area contributed by atoms with Crippen LogP contribution in [-0.4, -0.2) is 55.9 Å². The molecule has 2 aliphatic rings. The Kier molecular flexibility index (Phi) is 5.57. The van der Waals surface area contributed by atoms with E-state index in [9.17, 15) is 22.8 Å². The molecular formula is C20H17ClF3N3O4. The maximum absolute atomic E-state index is 12.8. The summed E-state index contributed by atoms with van der Waals surface area (Å²) in [5, 5.41) is 3.18. The van der Waals surface area contributed by atoms with Gasteiger partial charge in [-0.05, 0) is 36.4 Å². The summed E-state index contributed by atoms with van der Waals surface area (Å²) in [6, 6.07) is 9.65. The molecule has 0 aliphatic carbocycles. The number of benzene rings is 2. The van der Waals surface area contributed by atoms with E-state index < -0.39 is 18.0 Å². The van der Waals surface area contributed by atoms with E-state index in [-0.39, 0.29) is 33.0 Å². The van der Waals surface area contributed by atoms with E-state index in [4.69, 9.17) is 21.1 Å². The van der Waals surface area contributed by atoms with Gasteiger partial charge in [-0.15, -0.1) is 0 Å². The van der Waals surface area contributed by atoms with E-state index in [1.165, 1.54) is 0 Å². The summed E-state index contributed by atoms with van der Waals surface area (Å²) in [7, 11) is 0. The number of fused-ring (bicyclic) bond motifs is 1. The smallest absolute Gasteiger partial charge is 0.454 e. The predicted octanol–water partition coefficient (Wildman–Crippen LogP) is 3.53. The third-order valence-corrected chi connectivity index (χ3v) is 5.23. The number of carbonyl (C=O) groups is 2. The van der Waals surface area contributed by atoms with Gasteiger partial charge in [0.15, 0.2) is 11.5 Å². The highest BCUT2D eigenvalue weighted by Gasteiger charge is 2.43. The summed E-state index contributed by atoms with van der Waals surface area (Å²) in [6.07, 6.45) is -4.90. The lowest BCUT2D eigenvalue weighted by molar-refractivity contribution is -0.185. The molecule has 2 aromatic carbocycles. The highest BCUT2D eigenvalue weighted by molar-refractivity contribution is 6.31. The Balaban J connectivity index is 1.49. The third kappa shape index (κ3) is 4.48. The van der Waals surface area contributed by atoms with Crippen LogP contribution in [-0.2, 0) is 4.79 Å². The minimum Gasteiger partial charge on any atom is -0.454 e. The van der Waals surface area contributed by atoms with Gasteiger partial charge in [-0.3, -0.25) is 9.59 Å². The predicted molar refractivity (Wildman–Crippen MR) is 107 cm³/mol. The first-order valence-electron chi connectivity index (χ1n) is 9.34. The van der Waals surface area contributed by atoms with E-state index in [0.29, 0.717) is 33.5 Å². The average Bonchev–Trinajstić information content (AvgIpc) is 3.21. The molecule has 0 radical (unpaired) electrons. The van der Waals surface area contributed by atoms with Crippen LogP contribution in [0.25, 0.3) is 0 Å². The topological polar surface area (TPSA) is 71.1 Å². The van der Waals surface area contributed by atoms with Gasteiger partial charge < -0.3 is 24.6 Å². The van der Waals surface area contributed by atoms with Gasteiger partial charge in [0, 0.05) is 36.8 Å². The first kappa shape index (κ1) is 21.1. The number of nitrogens with one attached hydrogen (secondary N) is 1. The number of amides is 2. The van der Waals surface area contributed by atoms with Crippen LogP contribution in [0.1, 0.15) is 10.4 Å². The van der Waals surface area contributed by atoms with E-state index in [1.54, 1.807) is 41.3 Å².